The first-order valence-corrected chi connectivity index (χ1v) is 6.34. The number of halogens is 1. The minimum atomic E-state index is -0.856. The van der Waals surface area contributed by atoms with Gasteiger partial charge in [0, 0.05) is 7.05 Å². The van der Waals surface area contributed by atoms with E-state index in [0.717, 1.165) is 0 Å². The first-order chi connectivity index (χ1) is 9.65. The van der Waals surface area contributed by atoms with E-state index in [1.807, 2.05) is 0 Å². The molecule has 0 saturated carbocycles. The van der Waals surface area contributed by atoms with E-state index in [4.69, 9.17) is 15.7 Å². The fourth-order valence-electron chi connectivity index (χ4n) is 1.73. The number of nitrogens with two attached hydrogens (primary N) is 1. The van der Waals surface area contributed by atoms with Gasteiger partial charge >= 0.3 is 6.09 Å². The van der Waals surface area contributed by atoms with Gasteiger partial charge < -0.3 is 15.7 Å². The molecule has 0 aliphatic rings. The predicted octanol–water partition coefficient (Wildman–Crippen LogP) is 2.48. The number of hydrogen-bond donors (Lipinski definition) is 2. The summed E-state index contributed by atoms with van der Waals surface area (Å²) < 4.78 is 18.2. The topological polar surface area (TPSA) is 88.2 Å². The van der Waals surface area contributed by atoms with E-state index in [9.17, 15) is 9.18 Å². The van der Waals surface area contributed by atoms with Crippen LogP contribution >= 0.6 is 0 Å². The van der Waals surface area contributed by atoms with Crippen LogP contribution in [0.1, 0.15) is 32.4 Å². The smallest absolute Gasteiger partial charge is 0.410 e. The van der Waals surface area contributed by atoms with Crippen LogP contribution < -0.4 is 5.73 Å². The maximum absolute atomic E-state index is 13.0. The van der Waals surface area contributed by atoms with Crippen molar-refractivity contribution >= 4 is 11.9 Å². The number of benzene rings is 1. The van der Waals surface area contributed by atoms with Gasteiger partial charge in [-0.2, -0.15) is 0 Å². The number of nitrogens with zero attached hydrogens (tertiary/aromatic N) is 2. The molecule has 21 heavy (non-hydrogen) atoms. The molecular formula is C14H20FN3O3. The van der Waals surface area contributed by atoms with Crippen LogP contribution in [0.5, 0.6) is 0 Å². The van der Waals surface area contributed by atoms with Gasteiger partial charge in [0.1, 0.15) is 17.5 Å². The molecule has 1 amide bonds. The van der Waals surface area contributed by atoms with Crippen LogP contribution in [0.4, 0.5) is 9.18 Å². The zero-order chi connectivity index (χ0) is 16.2. The zero-order valence-corrected chi connectivity index (χ0v) is 12.5. The minimum Gasteiger partial charge on any atom is -0.444 e. The second kappa shape index (κ2) is 6.43. The minimum absolute atomic E-state index is 0.199. The number of amides is 1. The lowest BCUT2D eigenvalue weighted by atomic mass is 10.1. The standard InChI is InChI=1S/C14H20FN3O3/c1-14(2,3)21-13(19)18(4)11(12(16)17-20)9-5-7-10(15)8-6-9/h5-8,11,20H,1-4H3,(H2,16,17)/t11-/m1/s1. The number of carbonyl (C=O) groups is 1. The molecular weight excluding hydrogens is 277 g/mol. The number of oxime groups is 1. The zero-order valence-electron chi connectivity index (χ0n) is 12.5. The number of ether oxygens (including phenoxy) is 1. The van der Waals surface area contributed by atoms with E-state index >= 15 is 0 Å². The van der Waals surface area contributed by atoms with Crippen molar-refractivity contribution in [3.8, 4) is 0 Å². The molecule has 6 nitrogen and oxygen atoms in total. The van der Waals surface area contributed by atoms with Gasteiger partial charge in [0.2, 0.25) is 0 Å². The molecule has 1 rings (SSSR count). The Kier molecular flexibility index (Phi) is 5.12. The Morgan fingerprint density at radius 1 is 1.38 bits per heavy atom. The third-order valence-electron chi connectivity index (χ3n) is 2.65. The SMILES string of the molecule is CN(C(=O)OC(C)(C)C)[C@@H](C(N)=NO)c1ccc(F)cc1. The van der Waals surface area contributed by atoms with E-state index < -0.39 is 23.6 Å². The Balaban J connectivity index is 3.08. The van der Waals surface area contributed by atoms with Gasteiger partial charge in [-0.05, 0) is 38.5 Å². The van der Waals surface area contributed by atoms with E-state index in [1.54, 1.807) is 20.8 Å². The Labute approximate surface area is 123 Å². The van der Waals surface area contributed by atoms with Crippen molar-refractivity contribution in [1.82, 2.24) is 4.90 Å². The predicted molar refractivity (Wildman–Crippen MR) is 76.5 cm³/mol. The fraction of sp³-hybridized carbons (Fsp3) is 0.429. The third kappa shape index (κ3) is 4.62. The van der Waals surface area contributed by atoms with Crippen molar-refractivity contribution in [3.05, 3.63) is 35.6 Å². The van der Waals surface area contributed by atoms with Crippen molar-refractivity contribution in [2.75, 3.05) is 7.05 Å². The maximum Gasteiger partial charge on any atom is 0.410 e. The molecule has 1 aromatic rings. The fourth-order valence-corrected chi connectivity index (χ4v) is 1.73. The van der Waals surface area contributed by atoms with Crippen molar-refractivity contribution in [2.24, 2.45) is 10.9 Å². The second-order valence-electron chi connectivity index (χ2n) is 5.57. The Morgan fingerprint density at radius 3 is 2.33 bits per heavy atom. The van der Waals surface area contributed by atoms with E-state index in [-0.39, 0.29) is 5.84 Å². The Morgan fingerprint density at radius 2 is 1.90 bits per heavy atom. The normalized spacial score (nSPS) is 13.7. The van der Waals surface area contributed by atoms with E-state index in [0.29, 0.717) is 5.56 Å². The van der Waals surface area contributed by atoms with Crippen LogP contribution in [-0.2, 0) is 4.74 Å². The summed E-state index contributed by atoms with van der Waals surface area (Å²) in [5.41, 5.74) is 5.47. The summed E-state index contributed by atoms with van der Waals surface area (Å²) in [6, 6.07) is 4.52. The summed E-state index contributed by atoms with van der Waals surface area (Å²) in [7, 11) is 1.46. The average Bonchev–Trinajstić information content (AvgIpc) is 2.38. The quantitative estimate of drug-likeness (QED) is 0.388. The number of rotatable bonds is 3. The summed E-state index contributed by atoms with van der Waals surface area (Å²) in [5, 5.41) is 11.8. The number of amidine groups is 1. The van der Waals surface area contributed by atoms with Gasteiger partial charge in [-0.3, -0.25) is 4.90 Å². The monoisotopic (exact) mass is 297 g/mol. The Hall–Kier alpha value is -2.31. The van der Waals surface area contributed by atoms with Crippen LogP contribution in [-0.4, -0.2) is 34.7 Å². The van der Waals surface area contributed by atoms with Crippen LogP contribution in [0.15, 0.2) is 29.4 Å². The molecule has 116 valence electrons. The van der Waals surface area contributed by atoms with Crippen LogP contribution in [0.3, 0.4) is 0 Å². The highest BCUT2D eigenvalue weighted by Gasteiger charge is 2.29. The lowest BCUT2D eigenvalue weighted by Gasteiger charge is -2.30. The summed E-state index contributed by atoms with van der Waals surface area (Å²) >= 11 is 0. The summed E-state index contributed by atoms with van der Waals surface area (Å²) in [5.74, 6) is -0.619. The van der Waals surface area contributed by atoms with Crippen LogP contribution in [0.25, 0.3) is 0 Å². The molecule has 0 aliphatic heterocycles. The first-order valence-electron chi connectivity index (χ1n) is 6.34. The largest absolute Gasteiger partial charge is 0.444 e. The molecule has 0 radical (unpaired) electrons. The molecule has 0 heterocycles. The van der Waals surface area contributed by atoms with Gasteiger partial charge in [-0.1, -0.05) is 17.3 Å². The number of hydrogen-bond acceptors (Lipinski definition) is 4. The van der Waals surface area contributed by atoms with E-state index in [1.165, 1.54) is 36.2 Å². The molecule has 0 unspecified atom stereocenters. The van der Waals surface area contributed by atoms with E-state index in [2.05, 4.69) is 5.16 Å². The third-order valence-corrected chi connectivity index (χ3v) is 2.65. The van der Waals surface area contributed by atoms with Crippen molar-refractivity contribution in [1.29, 1.82) is 0 Å². The van der Waals surface area contributed by atoms with Crippen LogP contribution in [0.2, 0.25) is 0 Å². The van der Waals surface area contributed by atoms with Crippen LogP contribution in [0, 0.1) is 5.82 Å². The second-order valence-corrected chi connectivity index (χ2v) is 5.57. The summed E-state index contributed by atoms with van der Waals surface area (Å²) in [4.78, 5) is 13.3. The molecule has 0 saturated heterocycles. The van der Waals surface area contributed by atoms with Crippen molar-refractivity contribution in [2.45, 2.75) is 32.4 Å². The first kappa shape index (κ1) is 16.7. The van der Waals surface area contributed by atoms with Gasteiger partial charge in [-0.25, -0.2) is 9.18 Å². The molecule has 0 aromatic heterocycles. The number of likely N-dealkylation sites (N-methyl/N-ethyl adjacent to an activating group) is 1. The van der Waals surface area contributed by atoms with Crippen molar-refractivity contribution < 1.29 is 19.1 Å². The van der Waals surface area contributed by atoms with Gasteiger partial charge in [0.05, 0.1) is 0 Å². The highest BCUT2D eigenvalue weighted by Crippen LogP contribution is 2.22. The molecule has 0 aliphatic carbocycles. The number of carbonyl (C=O) groups excluding carboxylic acids is 1. The Bertz CT molecular complexity index is 523. The summed E-state index contributed by atoms with van der Waals surface area (Å²) in [6.45, 7) is 5.19. The van der Waals surface area contributed by atoms with Gasteiger partial charge in [0.25, 0.3) is 0 Å². The highest BCUT2D eigenvalue weighted by atomic mass is 19.1. The highest BCUT2D eigenvalue weighted by molar-refractivity contribution is 5.89. The molecule has 3 N–H and O–H groups in total. The van der Waals surface area contributed by atoms with Gasteiger partial charge in [-0.15, -0.1) is 0 Å². The molecule has 7 heteroatoms. The molecule has 0 fully saturated rings. The lowest BCUT2D eigenvalue weighted by Crippen LogP contribution is -2.42. The molecule has 0 bridgehead atoms. The van der Waals surface area contributed by atoms with Crippen molar-refractivity contribution in [3.63, 3.8) is 0 Å². The molecule has 1 atom stereocenters. The lowest BCUT2D eigenvalue weighted by molar-refractivity contribution is 0.0263. The van der Waals surface area contributed by atoms with Gasteiger partial charge in [0.15, 0.2) is 5.84 Å². The molecule has 1 aromatic carbocycles. The average molecular weight is 297 g/mol. The summed E-state index contributed by atoms with van der Waals surface area (Å²) in [6.07, 6.45) is -0.636. The molecule has 0 spiro atoms. The maximum atomic E-state index is 13.0.